The molecule has 1 heterocycles. The monoisotopic (exact) mass is 442 g/mol. The molecule has 2 heteroatoms. The molecule has 0 saturated heterocycles. The lowest BCUT2D eigenvalue weighted by atomic mass is 9.82. The third kappa shape index (κ3) is 3.80. The molecule has 4 aromatic rings. The molecule has 1 saturated carbocycles. The van der Waals surface area contributed by atoms with Crippen molar-refractivity contribution in [2.45, 2.75) is 37.6 Å². The van der Waals surface area contributed by atoms with E-state index in [0.717, 1.165) is 5.69 Å². The minimum atomic E-state index is 0.538. The zero-order valence-corrected chi connectivity index (χ0v) is 19.4. The molecule has 0 bridgehead atoms. The first-order chi connectivity index (χ1) is 16.8. The van der Waals surface area contributed by atoms with Gasteiger partial charge in [-0.25, -0.2) is 0 Å². The van der Waals surface area contributed by atoms with E-state index >= 15 is 0 Å². The van der Waals surface area contributed by atoms with Crippen LogP contribution in [0, 0.1) is 0 Å². The minimum absolute atomic E-state index is 0.538. The molecule has 1 fully saturated rings. The van der Waals surface area contributed by atoms with Crippen LogP contribution in [0.25, 0.3) is 11.6 Å². The summed E-state index contributed by atoms with van der Waals surface area (Å²) in [6.45, 7) is 0. The summed E-state index contributed by atoms with van der Waals surface area (Å²) in [6, 6.07) is 37.4. The van der Waals surface area contributed by atoms with Gasteiger partial charge in [0.2, 0.25) is 0 Å². The Morgan fingerprint density at radius 3 is 2.06 bits per heavy atom. The standard InChI is InChI=1S/C32H30N2/c33-26-17-20-32-30(22-26)28-13-7-8-14-31(28)34(32)27-18-15-23(16-19-27)21-29(24-9-3-1-4-10-24)25-11-5-2-6-12-25/h1-6,9-12,15-22,28,31H,7-8,13-14,33H2. The Hall–Kier alpha value is -3.78. The van der Waals surface area contributed by atoms with Crippen molar-refractivity contribution in [1.82, 2.24) is 0 Å². The van der Waals surface area contributed by atoms with Gasteiger partial charge < -0.3 is 10.6 Å². The van der Waals surface area contributed by atoms with Crippen molar-refractivity contribution in [3.8, 4) is 0 Å². The van der Waals surface area contributed by atoms with Crippen LogP contribution < -0.4 is 10.6 Å². The highest BCUT2D eigenvalue weighted by atomic mass is 15.2. The van der Waals surface area contributed by atoms with E-state index in [1.807, 2.05) is 6.07 Å². The van der Waals surface area contributed by atoms with Crippen LogP contribution in [0.1, 0.15) is 53.9 Å². The molecule has 6 rings (SSSR count). The van der Waals surface area contributed by atoms with Crippen molar-refractivity contribution in [3.63, 3.8) is 0 Å². The predicted molar refractivity (Wildman–Crippen MR) is 144 cm³/mol. The molecular formula is C32H30N2. The van der Waals surface area contributed by atoms with Gasteiger partial charge >= 0.3 is 0 Å². The molecule has 0 aromatic heterocycles. The van der Waals surface area contributed by atoms with Crippen LogP contribution in [0.2, 0.25) is 0 Å². The Morgan fingerprint density at radius 2 is 1.38 bits per heavy atom. The normalized spacial score (nSPS) is 18.8. The second-order valence-electron chi connectivity index (χ2n) is 9.53. The molecule has 0 amide bonds. The number of nitrogen functional groups attached to an aromatic ring is 1. The maximum atomic E-state index is 6.17. The summed E-state index contributed by atoms with van der Waals surface area (Å²) in [5, 5.41) is 0. The van der Waals surface area contributed by atoms with E-state index in [2.05, 4.69) is 108 Å². The summed E-state index contributed by atoms with van der Waals surface area (Å²) >= 11 is 0. The Bertz CT molecular complexity index is 1260. The van der Waals surface area contributed by atoms with Gasteiger partial charge in [-0.3, -0.25) is 0 Å². The van der Waals surface area contributed by atoms with E-state index in [9.17, 15) is 0 Å². The van der Waals surface area contributed by atoms with Crippen LogP contribution in [0.5, 0.6) is 0 Å². The van der Waals surface area contributed by atoms with Crippen LogP contribution in [0.3, 0.4) is 0 Å². The van der Waals surface area contributed by atoms with Gasteiger partial charge in [0, 0.05) is 29.0 Å². The van der Waals surface area contributed by atoms with Crippen LogP contribution in [0.4, 0.5) is 17.1 Å². The van der Waals surface area contributed by atoms with Gasteiger partial charge in [0.15, 0.2) is 0 Å². The zero-order valence-electron chi connectivity index (χ0n) is 19.4. The highest BCUT2D eigenvalue weighted by Gasteiger charge is 2.40. The summed E-state index contributed by atoms with van der Waals surface area (Å²) in [5.41, 5.74) is 16.0. The van der Waals surface area contributed by atoms with Gasteiger partial charge in [0.05, 0.1) is 0 Å². The SMILES string of the molecule is Nc1ccc2c(c1)C1CCCCC1N2c1ccc(C=C(c2ccccc2)c2ccccc2)cc1. The number of nitrogens with two attached hydrogens (primary N) is 1. The van der Waals surface area contributed by atoms with Crippen LogP contribution in [-0.2, 0) is 0 Å². The van der Waals surface area contributed by atoms with Crippen LogP contribution >= 0.6 is 0 Å². The minimum Gasteiger partial charge on any atom is -0.399 e. The lowest BCUT2D eigenvalue weighted by molar-refractivity contribution is 0.402. The molecule has 1 aliphatic heterocycles. The van der Waals surface area contributed by atoms with E-state index in [4.69, 9.17) is 5.73 Å². The second-order valence-corrected chi connectivity index (χ2v) is 9.53. The molecule has 4 aromatic carbocycles. The number of benzene rings is 4. The van der Waals surface area contributed by atoms with Crippen LogP contribution in [0.15, 0.2) is 103 Å². The molecule has 168 valence electrons. The van der Waals surface area contributed by atoms with E-state index in [-0.39, 0.29) is 0 Å². The maximum absolute atomic E-state index is 6.17. The number of anilines is 3. The Morgan fingerprint density at radius 1 is 0.735 bits per heavy atom. The molecule has 0 spiro atoms. The highest BCUT2D eigenvalue weighted by Crippen LogP contribution is 2.51. The molecule has 34 heavy (non-hydrogen) atoms. The van der Waals surface area contributed by atoms with Gasteiger partial charge in [-0.15, -0.1) is 0 Å². The van der Waals surface area contributed by atoms with Gasteiger partial charge in [-0.05, 0) is 77.1 Å². The largest absolute Gasteiger partial charge is 0.399 e. The second kappa shape index (κ2) is 8.87. The third-order valence-electron chi connectivity index (χ3n) is 7.42. The summed E-state index contributed by atoms with van der Waals surface area (Å²) < 4.78 is 0. The third-order valence-corrected chi connectivity index (χ3v) is 7.42. The fourth-order valence-corrected chi connectivity index (χ4v) is 5.85. The molecular weight excluding hydrogens is 412 g/mol. The number of rotatable bonds is 4. The van der Waals surface area contributed by atoms with Crippen molar-refractivity contribution in [2.75, 3.05) is 10.6 Å². The average molecular weight is 443 g/mol. The molecule has 1 aliphatic carbocycles. The van der Waals surface area contributed by atoms with Crippen molar-refractivity contribution in [1.29, 1.82) is 0 Å². The van der Waals surface area contributed by atoms with Gasteiger partial charge in [0.25, 0.3) is 0 Å². The Kier molecular flexibility index (Phi) is 5.43. The summed E-state index contributed by atoms with van der Waals surface area (Å²) in [6.07, 6.45) is 7.42. The first-order valence-corrected chi connectivity index (χ1v) is 12.4. The molecule has 2 nitrogen and oxygen atoms in total. The molecule has 2 N–H and O–H groups in total. The van der Waals surface area contributed by atoms with Crippen molar-refractivity contribution in [2.24, 2.45) is 0 Å². The topological polar surface area (TPSA) is 29.3 Å². The summed E-state index contributed by atoms with van der Waals surface area (Å²) in [5.74, 6) is 0.592. The van der Waals surface area contributed by atoms with E-state index < -0.39 is 0 Å². The fraction of sp³-hybridized carbons (Fsp3) is 0.188. The first kappa shape index (κ1) is 20.8. The van der Waals surface area contributed by atoms with Gasteiger partial charge in [-0.1, -0.05) is 85.6 Å². The van der Waals surface area contributed by atoms with Crippen LogP contribution in [-0.4, -0.2) is 6.04 Å². The van der Waals surface area contributed by atoms with Gasteiger partial charge in [0.1, 0.15) is 0 Å². The predicted octanol–water partition coefficient (Wildman–Crippen LogP) is 8.04. The first-order valence-electron chi connectivity index (χ1n) is 12.4. The summed E-state index contributed by atoms with van der Waals surface area (Å²) in [7, 11) is 0. The highest BCUT2D eigenvalue weighted by molar-refractivity contribution is 5.91. The lowest BCUT2D eigenvalue weighted by Gasteiger charge is -2.33. The van der Waals surface area contributed by atoms with E-state index in [0.29, 0.717) is 12.0 Å². The zero-order chi connectivity index (χ0) is 22.9. The molecule has 2 aliphatic rings. The van der Waals surface area contributed by atoms with Gasteiger partial charge in [-0.2, -0.15) is 0 Å². The molecule has 0 radical (unpaired) electrons. The number of fused-ring (bicyclic) bond motifs is 3. The smallest absolute Gasteiger partial charge is 0.0451 e. The quantitative estimate of drug-likeness (QED) is 0.256. The molecule has 2 unspecified atom stereocenters. The number of hydrogen-bond acceptors (Lipinski definition) is 2. The summed E-state index contributed by atoms with van der Waals surface area (Å²) in [4.78, 5) is 2.57. The van der Waals surface area contributed by atoms with E-state index in [1.54, 1.807) is 0 Å². The fourth-order valence-electron chi connectivity index (χ4n) is 5.85. The molecule has 2 atom stereocenters. The van der Waals surface area contributed by atoms with E-state index in [1.165, 1.54) is 64.9 Å². The van der Waals surface area contributed by atoms with Crippen molar-refractivity contribution in [3.05, 3.63) is 125 Å². The lowest BCUT2D eigenvalue weighted by Crippen LogP contribution is -2.32. The number of hydrogen-bond donors (Lipinski definition) is 1. The maximum Gasteiger partial charge on any atom is 0.0451 e. The Labute approximate surface area is 202 Å². The number of nitrogens with zero attached hydrogens (tertiary/aromatic N) is 1. The Balaban J connectivity index is 1.37. The van der Waals surface area contributed by atoms with Crippen molar-refractivity contribution < 1.29 is 0 Å². The van der Waals surface area contributed by atoms with Crippen molar-refractivity contribution >= 4 is 28.7 Å². The average Bonchev–Trinajstić information content (AvgIpc) is 3.22.